The molecule has 0 fully saturated rings. The molecule has 0 aliphatic heterocycles. The molecular weight excluding hydrogens is 196 g/mol. The van der Waals surface area contributed by atoms with Crippen molar-refractivity contribution in [2.45, 2.75) is 78.7 Å². The molecule has 2 atom stereocenters. The molecule has 96 valence electrons. The zero-order valence-electron chi connectivity index (χ0n) is 11.6. The minimum atomic E-state index is -0.0602. The molecule has 0 aromatic rings. The van der Waals surface area contributed by atoms with Gasteiger partial charge in [-0.2, -0.15) is 0 Å². The maximum atomic E-state index is 9.60. The lowest BCUT2D eigenvalue weighted by atomic mass is 9.96. The van der Waals surface area contributed by atoms with Crippen LogP contribution < -0.4 is 0 Å². The number of hydrogen-bond donors (Lipinski definition) is 1. The summed E-state index contributed by atoms with van der Waals surface area (Å²) in [7, 11) is 0. The molecule has 1 N–H and O–H groups in total. The summed E-state index contributed by atoms with van der Waals surface area (Å²) in [6.07, 6.45) is 10.2. The molecule has 0 aromatic heterocycles. The monoisotopic (exact) mass is 226 g/mol. The van der Waals surface area contributed by atoms with Gasteiger partial charge in [-0.25, -0.2) is 0 Å². The standard InChI is InChI=1S/C15H30O/c1-5-8-15(16)12-7-11-14(4)10-6-9-13(2)3/h9,14-16H,5-8,10-12H2,1-4H3. The van der Waals surface area contributed by atoms with Gasteiger partial charge in [0.15, 0.2) is 0 Å². The van der Waals surface area contributed by atoms with E-state index in [0.29, 0.717) is 0 Å². The summed E-state index contributed by atoms with van der Waals surface area (Å²) in [6.45, 7) is 8.77. The Labute approximate surface area is 102 Å². The van der Waals surface area contributed by atoms with Gasteiger partial charge in [-0.05, 0) is 45.4 Å². The van der Waals surface area contributed by atoms with Crippen LogP contribution in [0.3, 0.4) is 0 Å². The summed E-state index contributed by atoms with van der Waals surface area (Å²) in [4.78, 5) is 0. The minimum Gasteiger partial charge on any atom is -0.393 e. The van der Waals surface area contributed by atoms with Crippen molar-refractivity contribution in [1.29, 1.82) is 0 Å². The molecule has 0 rings (SSSR count). The van der Waals surface area contributed by atoms with Crippen molar-refractivity contribution >= 4 is 0 Å². The van der Waals surface area contributed by atoms with E-state index < -0.39 is 0 Å². The molecule has 0 radical (unpaired) electrons. The second kappa shape index (κ2) is 9.89. The lowest BCUT2D eigenvalue weighted by Gasteiger charge is -2.12. The lowest BCUT2D eigenvalue weighted by molar-refractivity contribution is 0.148. The summed E-state index contributed by atoms with van der Waals surface area (Å²) in [5.74, 6) is 0.796. The Hall–Kier alpha value is -0.300. The molecule has 0 aromatic carbocycles. The SMILES string of the molecule is CCCC(O)CCCC(C)CCC=C(C)C. The highest BCUT2D eigenvalue weighted by molar-refractivity contribution is 4.92. The Bertz CT molecular complexity index is 180. The van der Waals surface area contributed by atoms with Crippen LogP contribution in [0, 0.1) is 5.92 Å². The second-order valence-electron chi connectivity index (χ2n) is 5.34. The van der Waals surface area contributed by atoms with E-state index in [-0.39, 0.29) is 6.10 Å². The number of hydrogen-bond acceptors (Lipinski definition) is 1. The van der Waals surface area contributed by atoms with Crippen LogP contribution in [0.5, 0.6) is 0 Å². The quantitative estimate of drug-likeness (QED) is 0.565. The molecule has 0 heterocycles. The van der Waals surface area contributed by atoms with E-state index in [1.807, 2.05) is 0 Å². The molecule has 1 heteroatoms. The molecular formula is C15H30O. The van der Waals surface area contributed by atoms with Gasteiger partial charge in [0, 0.05) is 0 Å². The molecule has 0 bridgehead atoms. The van der Waals surface area contributed by atoms with E-state index in [1.54, 1.807) is 0 Å². The Balaban J connectivity index is 3.43. The molecule has 0 saturated heterocycles. The summed E-state index contributed by atoms with van der Waals surface area (Å²) in [6, 6.07) is 0. The predicted octanol–water partition coefficient (Wildman–Crippen LogP) is 4.70. The highest BCUT2D eigenvalue weighted by Gasteiger charge is 2.05. The third-order valence-corrected chi connectivity index (χ3v) is 3.07. The van der Waals surface area contributed by atoms with E-state index >= 15 is 0 Å². The van der Waals surface area contributed by atoms with Gasteiger partial charge < -0.3 is 5.11 Å². The number of aliphatic hydroxyl groups is 1. The highest BCUT2D eigenvalue weighted by atomic mass is 16.3. The molecule has 0 saturated carbocycles. The van der Waals surface area contributed by atoms with Gasteiger partial charge in [-0.1, -0.05) is 44.8 Å². The van der Waals surface area contributed by atoms with Crippen molar-refractivity contribution in [2.24, 2.45) is 5.92 Å². The van der Waals surface area contributed by atoms with E-state index in [1.165, 1.54) is 31.3 Å². The Morgan fingerprint density at radius 1 is 1.12 bits per heavy atom. The fraction of sp³-hybridized carbons (Fsp3) is 0.867. The molecule has 2 unspecified atom stereocenters. The van der Waals surface area contributed by atoms with Crippen LogP contribution >= 0.6 is 0 Å². The normalized spacial score (nSPS) is 14.6. The van der Waals surface area contributed by atoms with Crippen LogP contribution in [0.2, 0.25) is 0 Å². The zero-order valence-corrected chi connectivity index (χ0v) is 11.6. The van der Waals surface area contributed by atoms with Crippen molar-refractivity contribution in [3.63, 3.8) is 0 Å². The first-order valence-electron chi connectivity index (χ1n) is 6.87. The number of aliphatic hydroxyl groups excluding tert-OH is 1. The van der Waals surface area contributed by atoms with Crippen LogP contribution in [0.15, 0.2) is 11.6 Å². The fourth-order valence-electron chi connectivity index (χ4n) is 1.98. The molecule has 0 spiro atoms. The third kappa shape index (κ3) is 10.2. The van der Waals surface area contributed by atoms with E-state index in [4.69, 9.17) is 0 Å². The van der Waals surface area contributed by atoms with Gasteiger partial charge in [0.25, 0.3) is 0 Å². The number of allylic oxidation sites excluding steroid dienone is 2. The average Bonchev–Trinajstić information content (AvgIpc) is 2.17. The Morgan fingerprint density at radius 2 is 1.81 bits per heavy atom. The first-order valence-corrected chi connectivity index (χ1v) is 6.87. The van der Waals surface area contributed by atoms with Crippen LogP contribution in [-0.4, -0.2) is 11.2 Å². The molecule has 16 heavy (non-hydrogen) atoms. The van der Waals surface area contributed by atoms with Gasteiger partial charge in [0.2, 0.25) is 0 Å². The van der Waals surface area contributed by atoms with Gasteiger partial charge >= 0.3 is 0 Å². The molecule has 1 nitrogen and oxygen atoms in total. The van der Waals surface area contributed by atoms with Gasteiger partial charge in [0.05, 0.1) is 6.10 Å². The van der Waals surface area contributed by atoms with Crippen molar-refractivity contribution in [3.8, 4) is 0 Å². The molecule has 0 aliphatic carbocycles. The van der Waals surface area contributed by atoms with Crippen LogP contribution in [0.25, 0.3) is 0 Å². The first kappa shape index (κ1) is 15.7. The average molecular weight is 226 g/mol. The summed E-state index contributed by atoms with van der Waals surface area (Å²) in [5.41, 5.74) is 1.42. The third-order valence-electron chi connectivity index (χ3n) is 3.07. The van der Waals surface area contributed by atoms with Crippen LogP contribution in [0.4, 0.5) is 0 Å². The van der Waals surface area contributed by atoms with E-state index in [0.717, 1.165) is 25.2 Å². The van der Waals surface area contributed by atoms with Crippen molar-refractivity contribution in [1.82, 2.24) is 0 Å². The van der Waals surface area contributed by atoms with Gasteiger partial charge in [-0.15, -0.1) is 0 Å². The second-order valence-corrected chi connectivity index (χ2v) is 5.34. The largest absolute Gasteiger partial charge is 0.393 e. The predicted molar refractivity (Wildman–Crippen MR) is 72.6 cm³/mol. The van der Waals surface area contributed by atoms with Crippen molar-refractivity contribution < 1.29 is 5.11 Å². The summed E-state index contributed by atoms with van der Waals surface area (Å²) < 4.78 is 0. The highest BCUT2D eigenvalue weighted by Crippen LogP contribution is 2.16. The van der Waals surface area contributed by atoms with Gasteiger partial charge in [-0.3, -0.25) is 0 Å². The van der Waals surface area contributed by atoms with E-state index in [9.17, 15) is 5.11 Å². The Kier molecular flexibility index (Phi) is 9.71. The summed E-state index contributed by atoms with van der Waals surface area (Å²) in [5, 5.41) is 9.60. The molecule has 0 amide bonds. The topological polar surface area (TPSA) is 20.2 Å². The lowest BCUT2D eigenvalue weighted by Crippen LogP contribution is -2.06. The zero-order chi connectivity index (χ0) is 12.4. The Morgan fingerprint density at radius 3 is 2.38 bits per heavy atom. The first-order chi connectivity index (χ1) is 7.56. The fourth-order valence-corrected chi connectivity index (χ4v) is 1.98. The molecule has 0 aliphatic rings. The van der Waals surface area contributed by atoms with Crippen LogP contribution in [0.1, 0.15) is 72.6 Å². The van der Waals surface area contributed by atoms with Crippen molar-refractivity contribution in [2.75, 3.05) is 0 Å². The smallest absolute Gasteiger partial charge is 0.0540 e. The maximum Gasteiger partial charge on any atom is 0.0540 e. The van der Waals surface area contributed by atoms with Crippen molar-refractivity contribution in [3.05, 3.63) is 11.6 Å². The van der Waals surface area contributed by atoms with Crippen LogP contribution in [-0.2, 0) is 0 Å². The summed E-state index contributed by atoms with van der Waals surface area (Å²) >= 11 is 0. The van der Waals surface area contributed by atoms with Gasteiger partial charge in [0.1, 0.15) is 0 Å². The maximum absolute atomic E-state index is 9.60. The van der Waals surface area contributed by atoms with E-state index in [2.05, 4.69) is 33.8 Å². The minimum absolute atomic E-state index is 0.0602. The number of rotatable bonds is 9.